The molecule has 0 saturated carbocycles. The summed E-state index contributed by atoms with van der Waals surface area (Å²) in [5.41, 5.74) is 11.0. The van der Waals surface area contributed by atoms with Crippen LogP contribution >= 0.6 is 0 Å². The number of primary amides is 1. The first kappa shape index (κ1) is 21.5. The molecule has 1 aromatic heterocycles. The van der Waals surface area contributed by atoms with Crippen LogP contribution < -0.4 is 22.7 Å². The van der Waals surface area contributed by atoms with E-state index in [0.717, 1.165) is 23.0 Å². The molecule has 30 heavy (non-hydrogen) atoms. The lowest BCUT2D eigenvalue weighted by Crippen LogP contribution is -2.51. The van der Waals surface area contributed by atoms with E-state index in [4.69, 9.17) is 11.5 Å². The molecular formula is C21H27N5O4. The second-order valence-electron chi connectivity index (χ2n) is 7.47. The molecule has 0 spiro atoms. The van der Waals surface area contributed by atoms with Crippen LogP contribution in [0.1, 0.15) is 42.1 Å². The Labute approximate surface area is 173 Å². The number of likely N-dealkylation sites (tertiary alicyclic amines) is 1. The van der Waals surface area contributed by atoms with Crippen molar-refractivity contribution in [3.8, 4) is 0 Å². The highest BCUT2D eigenvalue weighted by atomic mass is 16.2. The number of Topliss-reactive ketones (excluding diaryl/α,β-unsaturated/α-hetero) is 1. The van der Waals surface area contributed by atoms with Gasteiger partial charge in [-0.3, -0.25) is 28.4 Å². The number of piperidine rings is 1. The zero-order valence-electron chi connectivity index (χ0n) is 17.0. The van der Waals surface area contributed by atoms with E-state index in [1.54, 1.807) is 11.8 Å². The summed E-state index contributed by atoms with van der Waals surface area (Å²) in [5.74, 6) is -1.17. The van der Waals surface area contributed by atoms with E-state index in [9.17, 15) is 19.2 Å². The summed E-state index contributed by atoms with van der Waals surface area (Å²) < 4.78 is 2.25. The molecule has 9 nitrogen and oxygen atoms in total. The molecule has 2 heterocycles. The van der Waals surface area contributed by atoms with Crippen molar-refractivity contribution < 1.29 is 9.59 Å². The Balaban J connectivity index is 2.02. The van der Waals surface area contributed by atoms with Gasteiger partial charge in [0.2, 0.25) is 5.91 Å². The number of hydrogen-bond acceptors (Lipinski definition) is 6. The Kier molecular flexibility index (Phi) is 6.51. The third kappa shape index (κ3) is 4.20. The van der Waals surface area contributed by atoms with Crippen molar-refractivity contribution in [3.63, 3.8) is 0 Å². The first-order valence-corrected chi connectivity index (χ1v) is 10.1. The SMILES string of the molecule is CCn1c(=O)c(C(=O)CN2CCCC[C@H]2C(N)=O)c(N)n(Cc2ccccc2)c1=O. The van der Waals surface area contributed by atoms with Gasteiger partial charge in [0.25, 0.3) is 5.56 Å². The van der Waals surface area contributed by atoms with E-state index in [1.165, 1.54) is 4.57 Å². The number of benzene rings is 1. The first-order chi connectivity index (χ1) is 14.3. The third-order valence-electron chi connectivity index (χ3n) is 5.54. The van der Waals surface area contributed by atoms with Crippen molar-refractivity contribution in [3.05, 3.63) is 62.3 Å². The fraction of sp³-hybridized carbons (Fsp3) is 0.429. The van der Waals surface area contributed by atoms with Gasteiger partial charge in [-0.25, -0.2) is 4.79 Å². The van der Waals surface area contributed by atoms with Crippen LogP contribution in [0.25, 0.3) is 0 Å². The molecule has 160 valence electrons. The van der Waals surface area contributed by atoms with Gasteiger partial charge in [-0.1, -0.05) is 36.8 Å². The Morgan fingerprint density at radius 3 is 2.43 bits per heavy atom. The quantitative estimate of drug-likeness (QED) is 0.622. The highest BCUT2D eigenvalue weighted by Gasteiger charge is 2.31. The Bertz CT molecular complexity index is 1060. The van der Waals surface area contributed by atoms with Crippen molar-refractivity contribution in [1.82, 2.24) is 14.0 Å². The molecule has 1 atom stereocenters. The van der Waals surface area contributed by atoms with Gasteiger partial charge in [-0.05, 0) is 31.9 Å². The summed E-state index contributed by atoms with van der Waals surface area (Å²) in [6.07, 6.45) is 2.26. The van der Waals surface area contributed by atoms with Gasteiger partial charge < -0.3 is 11.5 Å². The normalized spacial score (nSPS) is 17.0. The minimum absolute atomic E-state index is 0.112. The average molecular weight is 413 g/mol. The van der Waals surface area contributed by atoms with Crippen LogP contribution in [0.3, 0.4) is 0 Å². The zero-order valence-corrected chi connectivity index (χ0v) is 17.0. The van der Waals surface area contributed by atoms with Crippen molar-refractivity contribution in [2.24, 2.45) is 5.73 Å². The van der Waals surface area contributed by atoms with Crippen LogP contribution in [0.4, 0.5) is 5.82 Å². The number of hydrogen-bond donors (Lipinski definition) is 2. The smallest absolute Gasteiger partial charge is 0.332 e. The zero-order chi connectivity index (χ0) is 21.8. The number of carbonyl (C=O) groups is 2. The lowest BCUT2D eigenvalue weighted by atomic mass is 10.0. The topological polar surface area (TPSA) is 133 Å². The summed E-state index contributed by atoms with van der Waals surface area (Å²) >= 11 is 0. The van der Waals surface area contributed by atoms with Crippen LogP contribution in [-0.4, -0.2) is 44.9 Å². The van der Waals surface area contributed by atoms with E-state index >= 15 is 0 Å². The van der Waals surface area contributed by atoms with Crippen LogP contribution in [0.15, 0.2) is 39.9 Å². The van der Waals surface area contributed by atoms with E-state index in [-0.39, 0.29) is 31.0 Å². The van der Waals surface area contributed by atoms with E-state index in [1.807, 2.05) is 30.3 Å². The number of nitrogen functional groups attached to an aromatic ring is 1. The number of aromatic nitrogens is 2. The molecule has 3 rings (SSSR count). The molecule has 0 unspecified atom stereocenters. The second-order valence-corrected chi connectivity index (χ2v) is 7.47. The summed E-state index contributed by atoms with van der Waals surface area (Å²) in [4.78, 5) is 52.2. The molecule has 1 aliphatic rings. The van der Waals surface area contributed by atoms with Crippen molar-refractivity contribution in [1.29, 1.82) is 0 Å². The summed E-state index contributed by atoms with van der Waals surface area (Å²) in [6, 6.07) is 8.63. The number of anilines is 1. The molecule has 0 radical (unpaired) electrons. The highest BCUT2D eigenvalue weighted by molar-refractivity contribution is 6.01. The van der Waals surface area contributed by atoms with E-state index < -0.39 is 29.0 Å². The number of amides is 1. The number of ketones is 1. The standard InChI is InChI=1S/C21H27N5O4/c1-2-25-20(29)17(16(27)13-24-11-7-6-10-15(24)19(23)28)18(22)26(21(25)30)12-14-8-4-3-5-9-14/h3-5,8-9,15H,2,6-7,10-13,22H2,1H3,(H2,23,28)/t15-/m0/s1. The second kappa shape index (κ2) is 9.08. The minimum Gasteiger partial charge on any atom is -0.384 e. The number of nitrogens with two attached hydrogens (primary N) is 2. The molecule has 0 bridgehead atoms. The molecule has 1 aromatic carbocycles. The van der Waals surface area contributed by atoms with Crippen LogP contribution in [0.2, 0.25) is 0 Å². The van der Waals surface area contributed by atoms with Crippen LogP contribution in [0, 0.1) is 0 Å². The van der Waals surface area contributed by atoms with Crippen molar-refractivity contribution in [2.45, 2.75) is 45.3 Å². The molecule has 2 aromatic rings. The molecule has 1 aliphatic heterocycles. The predicted octanol–water partition coefficient (Wildman–Crippen LogP) is 0.183. The molecule has 4 N–H and O–H groups in total. The third-order valence-corrected chi connectivity index (χ3v) is 5.54. The number of nitrogens with zero attached hydrogens (tertiary/aromatic N) is 3. The molecule has 1 saturated heterocycles. The highest BCUT2D eigenvalue weighted by Crippen LogP contribution is 2.18. The first-order valence-electron chi connectivity index (χ1n) is 10.1. The summed E-state index contributed by atoms with van der Waals surface area (Å²) in [6.45, 7) is 2.29. The largest absolute Gasteiger partial charge is 0.384 e. The van der Waals surface area contributed by atoms with Crippen molar-refractivity contribution in [2.75, 3.05) is 18.8 Å². The minimum atomic E-state index is -0.707. The summed E-state index contributed by atoms with van der Waals surface area (Å²) in [5, 5.41) is 0. The monoisotopic (exact) mass is 413 g/mol. The average Bonchev–Trinajstić information content (AvgIpc) is 2.72. The van der Waals surface area contributed by atoms with Gasteiger partial charge in [0.1, 0.15) is 11.4 Å². The lowest BCUT2D eigenvalue weighted by Gasteiger charge is -2.33. The Morgan fingerprint density at radius 1 is 1.10 bits per heavy atom. The number of carbonyl (C=O) groups excluding carboxylic acids is 2. The molecule has 1 amide bonds. The maximum Gasteiger partial charge on any atom is 0.332 e. The van der Waals surface area contributed by atoms with Gasteiger partial charge in [-0.15, -0.1) is 0 Å². The van der Waals surface area contributed by atoms with Gasteiger partial charge >= 0.3 is 5.69 Å². The van der Waals surface area contributed by atoms with E-state index in [0.29, 0.717) is 13.0 Å². The number of rotatable bonds is 7. The Morgan fingerprint density at radius 2 is 1.80 bits per heavy atom. The fourth-order valence-corrected chi connectivity index (χ4v) is 3.94. The molecule has 0 aliphatic carbocycles. The van der Waals surface area contributed by atoms with Gasteiger partial charge in [0.05, 0.1) is 19.1 Å². The van der Waals surface area contributed by atoms with Crippen LogP contribution in [0.5, 0.6) is 0 Å². The molecular weight excluding hydrogens is 386 g/mol. The van der Waals surface area contributed by atoms with Crippen LogP contribution in [-0.2, 0) is 17.9 Å². The molecule has 9 heteroatoms. The van der Waals surface area contributed by atoms with E-state index in [2.05, 4.69) is 0 Å². The Hall–Kier alpha value is -3.20. The molecule has 1 fully saturated rings. The van der Waals surface area contributed by atoms with Gasteiger partial charge in [0, 0.05) is 6.54 Å². The summed E-state index contributed by atoms with van der Waals surface area (Å²) in [7, 11) is 0. The van der Waals surface area contributed by atoms with Crippen molar-refractivity contribution >= 4 is 17.5 Å². The fourth-order valence-electron chi connectivity index (χ4n) is 3.94. The van der Waals surface area contributed by atoms with Gasteiger partial charge in [-0.2, -0.15) is 0 Å². The maximum absolute atomic E-state index is 13.1. The van der Waals surface area contributed by atoms with Gasteiger partial charge in [0.15, 0.2) is 5.78 Å². The predicted molar refractivity (Wildman–Crippen MR) is 113 cm³/mol. The lowest BCUT2D eigenvalue weighted by molar-refractivity contribution is -0.124. The maximum atomic E-state index is 13.1.